The lowest BCUT2D eigenvalue weighted by Gasteiger charge is -2.10. The highest BCUT2D eigenvalue weighted by atomic mass is 32.2. The lowest BCUT2D eigenvalue weighted by atomic mass is 10.1. The number of alkyl halides is 3. The van der Waals surface area contributed by atoms with E-state index in [4.69, 9.17) is 5.11 Å². The summed E-state index contributed by atoms with van der Waals surface area (Å²) in [6.45, 7) is 0. The Bertz CT molecular complexity index is 672. The fraction of sp³-hybridized carbons (Fsp3) is 0.154. The number of nitrogens with zero attached hydrogens (tertiary/aromatic N) is 2. The van der Waals surface area contributed by atoms with Crippen molar-refractivity contribution in [2.45, 2.75) is 11.1 Å². The minimum atomic E-state index is -4.86. The summed E-state index contributed by atoms with van der Waals surface area (Å²) in [6, 6.07) is 6.62. The Kier molecular flexibility index (Phi) is 4.17. The topological polar surface area (TPSA) is 63.1 Å². The number of hydrogen-bond acceptors (Lipinski definition) is 4. The van der Waals surface area contributed by atoms with Crippen LogP contribution in [0.5, 0.6) is 0 Å². The molecule has 0 fully saturated rings. The molecule has 1 aromatic heterocycles. The molecular formula is C13H9F3N2O2S. The SMILES string of the molecule is CSc1ccc(-c2ncc(C(=O)O)c(C(F)(F)F)n2)cc1. The van der Waals surface area contributed by atoms with Crippen molar-refractivity contribution in [1.29, 1.82) is 0 Å². The van der Waals surface area contributed by atoms with Gasteiger partial charge in [0.15, 0.2) is 11.5 Å². The molecule has 1 aromatic carbocycles. The molecular weight excluding hydrogens is 305 g/mol. The van der Waals surface area contributed by atoms with Gasteiger partial charge < -0.3 is 5.11 Å². The normalized spacial score (nSPS) is 11.4. The predicted octanol–water partition coefficient (Wildman–Crippen LogP) is 3.58. The summed E-state index contributed by atoms with van der Waals surface area (Å²) in [4.78, 5) is 18.8. The van der Waals surface area contributed by atoms with Crippen LogP contribution >= 0.6 is 11.8 Å². The van der Waals surface area contributed by atoms with Crippen LogP contribution in [0.3, 0.4) is 0 Å². The number of carbonyl (C=O) groups is 1. The minimum absolute atomic E-state index is 0.167. The quantitative estimate of drug-likeness (QED) is 0.877. The summed E-state index contributed by atoms with van der Waals surface area (Å²) in [6.07, 6.45) is -2.31. The van der Waals surface area contributed by atoms with E-state index < -0.39 is 23.4 Å². The Morgan fingerprint density at radius 2 is 1.86 bits per heavy atom. The number of rotatable bonds is 3. The molecule has 1 heterocycles. The van der Waals surface area contributed by atoms with E-state index in [0.717, 1.165) is 4.90 Å². The summed E-state index contributed by atoms with van der Waals surface area (Å²) >= 11 is 1.49. The van der Waals surface area contributed by atoms with Gasteiger partial charge >= 0.3 is 12.1 Å². The van der Waals surface area contributed by atoms with E-state index in [0.29, 0.717) is 11.8 Å². The first kappa shape index (κ1) is 15.3. The second-order valence-electron chi connectivity index (χ2n) is 3.99. The lowest BCUT2D eigenvalue weighted by Crippen LogP contribution is -2.16. The van der Waals surface area contributed by atoms with Crippen LogP contribution in [0, 0.1) is 0 Å². The number of aromatic nitrogens is 2. The molecule has 0 spiro atoms. The van der Waals surface area contributed by atoms with Gasteiger partial charge in [0.25, 0.3) is 0 Å². The van der Waals surface area contributed by atoms with Gasteiger partial charge in [0.05, 0.1) is 0 Å². The van der Waals surface area contributed by atoms with Crippen LogP contribution in [0.2, 0.25) is 0 Å². The fourth-order valence-electron chi connectivity index (χ4n) is 1.63. The van der Waals surface area contributed by atoms with Crippen molar-refractivity contribution in [2.24, 2.45) is 0 Å². The molecule has 110 valence electrons. The van der Waals surface area contributed by atoms with Crippen molar-refractivity contribution in [2.75, 3.05) is 6.26 Å². The molecule has 0 bridgehead atoms. The van der Waals surface area contributed by atoms with Gasteiger partial charge in [-0.25, -0.2) is 14.8 Å². The third kappa shape index (κ3) is 3.33. The zero-order valence-electron chi connectivity index (χ0n) is 10.7. The average Bonchev–Trinajstić information content (AvgIpc) is 2.45. The van der Waals surface area contributed by atoms with Crippen LogP contribution in [0.1, 0.15) is 16.1 Å². The largest absolute Gasteiger partial charge is 0.478 e. The van der Waals surface area contributed by atoms with Crippen molar-refractivity contribution < 1.29 is 23.1 Å². The van der Waals surface area contributed by atoms with E-state index >= 15 is 0 Å². The van der Waals surface area contributed by atoms with Gasteiger partial charge in [0, 0.05) is 16.7 Å². The summed E-state index contributed by atoms with van der Waals surface area (Å²) in [5.41, 5.74) is -2.03. The first-order valence-corrected chi connectivity index (χ1v) is 6.87. The monoisotopic (exact) mass is 314 g/mol. The lowest BCUT2D eigenvalue weighted by molar-refractivity contribution is -0.141. The third-order valence-corrected chi connectivity index (χ3v) is 3.38. The molecule has 2 rings (SSSR count). The zero-order chi connectivity index (χ0) is 15.6. The van der Waals surface area contributed by atoms with Gasteiger partial charge in [-0.3, -0.25) is 0 Å². The second kappa shape index (κ2) is 5.72. The number of halogens is 3. The average molecular weight is 314 g/mol. The van der Waals surface area contributed by atoms with E-state index in [1.54, 1.807) is 24.3 Å². The third-order valence-electron chi connectivity index (χ3n) is 2.64. The summed E-state index contributed by atoms with van der Waals surface area (Å²) < 4.78 is 38.6. The van der Waals surface area contributed by atoms with Crippen LogP contribution in [0.25, 0.3) is 11.4 Å². The summed E-state index contributed by atoms with van der Waals surface area (Å²) in [5, 5.41) is 8.78. The standard InChI is InChI=1S/C13H9F3N2O2S/c1-21-8-4-2-7(3-5-8)11-17-6-9(12(19)20)10(18-11)13(14,15)16/h2-6H,1H3,(H,19,20). The van der Waals surface area contributed by atoms with Crippen LogP contribution in [-0.4, -0.2) is 27.3 Å². The second-order valence-corrected chi connectivity index (χ2v) is 4.87. The van der Waals surface area contributed by atoms with Gasteiger partial charge in [-0.2, -0.15) is 13.2 Å². The van der Waals surface area contributed by atoms with Crippen LogP contribution in [0.4, 0.5) is 13.2 Å². The Hall–Kier alpha value is -2.09. The predicted molar refractivity (Wildman–Crippen MR) is 71.2 cm³/mol. The van der Waals surface area contributed by atoms with Gasteiger partial charge in [-0.15, -0.1) is 11.8 Å². The van der Waals surface area contributed by atoms with E-state index in [-0.39, 0.29) is 5.82 Å². The Balaban J connectivity index is 2.53. The van der Waals surface area contributed by atoms with Crippen molar-refractivity contribution >= 4 is 17.7 Å². The highest BCUT2D eigenvalue weighted by Gasteiger charge is 2.38. The Morgan fingerprint density at radius 1 is 1.24 bits per heavy atom. The molecule has 0 saturated carbocycles. The van der Waals surface area contributed by atoms with E-state index in [1.807, 2.05) is 6.26 Å². The molecule has 0 radical (unpaired) electrons. The zero-order valence-corrected chi connectivity index (χ0v) is 11.5. The van der Waals surface area contributed by atoms with Crippen molar-refractivity contribution in [1.82, 2.24) is 9.97 Å². The van der Waals surface area contributed by atoms with Crippen LogP contribution in [0.15, 0.2) is 35.4 Å². The Morgan fingerprint density at radius 3 is 2.33 bits per heavy atom. The maximum absolute atomic E-state index is 12.9. The highest BCUT2D eigenvalue weighted by molar-refractivity contribution is 7.98. The van der Waals surface area contributed by atoms with Crippen molar-refractivity contribution in [3.05, 3.63) is 41.7 Å². The van der Waals surface area contributed by atoms with Crippen molar-refractivity contribution in [3.8, 4) is 11.4 Å². The maximum Gasteiger partial charge on any atom is 0.434 e. The number of aromatic carboxylic acids is 1. The van der Waals surface area contributed by atoms with E-state index in [9.17, 15) is 18.0 Å². The summed E-state index contributed by atoms with van der Waals surface area (Å²) in [7, 11) is 0. The number of thioether (sulfide) groups is 1. The first-order chi connectivity index (χ1) is 9.82. The van der Waals surface area contributed by atoms with Crippen LogP contribution < -0.4 is 0 Å². The highest BCUT2D eigenvalue weighted by Crippen LogP contribution is 2.31. The number of benzene rings is 1. The molecule has 0 saturated heterocycles. The molecule has 2 aromatic rings. The number of carboxylic acids is 1. The molecule has 0 unspecified atom stereocenters. The Labute approximate surface area is 122 Å². The van der Waals surface area contributed by atoms with Gasteiger partial charge in [0.1, 0.15) is 5.56 Å². The van der Waals surface area contributed by atoms with E-state index in [2.05, 4.69) is 9.97 Å². The molecule has 1 N–H and O–H groups in total. The molecule has 0 aliphatic heterocycles. The van der Waals surface area contributed by atoms with E-state index in [1.165, 1.54) is 11.8 Å². The van der Waals surface area contributed by atoms with Gasteiger partial charge in [-0.1, -0.05) is 12.1 Å². The molecule has 0 amide bonds. The number of hydrogen-bond donors (Lipinski definition) is 1. The van der Waals surface area contributed by atoms with Crippen LogP contribution in [-0.2, 0) is 6.18 Å². The molecule has 0 aliphatic carbocycles. The molecule has 21 heavy (non-hydrogen) atoms. The van der Waals surface area contributed by atoms with Gasteiger partial charge in [-0.05, 0) is 18.4 Å². The van der Waals surface area contributed by atoms with Crippen molar-refractivity contribution in [3.63, 3.8) is 0 Å². The molecule has 8 heteroatoms. The summed E-state index contributed by atoms with van der Waals surface area (Å²) in [5.74, 6) is -1.88. The molecule has 0 atom stereocenters. The smallest absolute Gasteiger partial charge is 0.434 e. The maximum atomic E-state index is 12.9. The molecule has 0 aliphatic rings. The first-order valence-electron chi connectivity index (χ1n) is 5.65. The molecule has 4 nitrogen and oxygen atoms in total. The number of carboxylic acid groups (broad SMARTS) is 1. The fourth-order valence-corrected chi connectivity index (χ4v) is 2.04. The van der Waals surface area contributed by atoms with Gasteiger partial charge in [0.2, 0.25) is 0 Å². The minimum Gasteiger partial charge on any atom is -0.478 e.